The predicted molar refractivity (Wildman–Crippen MR) is 148 cm³/mol. The van der Waals surface area contributed by atoms with Crippen molar-refractivity contribution in [2.45, 2.75) is 94.8 Å². The maximum absolute atomic E-state index is 14.5. The molecule has 0 aromatic rings. The minimum Gasteiger partial charge on any atom is -0.465 e. The lowest BCUT2D eigenvalue weighted by Gasteiger charge is -2.45. The van der Waals surface area contributed by atoms with Gasteiger partial charge in [0.05, 0.1) is 35.8 Å². The number of aliphatic hydroxyl groups excluding tert-OH is 1. The largest absolute Gasteiger partial charge is 0.465 e. The Kier molecular flexibility index (Phi) is 9.26. The highest BCUT2D eigenvalue weighted by molar-refractivity contribution is 8.02. The normalized spacial score (nSPS) is 31.4. The second kappa shape index (κ2) is 11.5. The van der Waals surface area contributed by atoms with Crippen LogP contribution in [0.1, 0.15) is 67.2 Å². The number of fused-ring (bicyclic) bond motifs is 1. The molecule has 2 bridgehead atoms. The number of aliphatic hydroxyl groups is 1. The summed E-state index contributed by atoms with van der Waals surface area (Å²) in [6.45, 7) is 20.1. The number of allylic oxidation sites excluding steroid dienone is 1. The molecule has 0 aromatic heterocycles. The van der Waals surface area contributed by atoms with E-state index in [4.69, 9.17) is 4.74 Å². The summed E-state index contributed by atoms with van der Waals surface area (Å²) in [6.07, 6.45) is 6.28. The Morgan fingerprint density at radius 1 is 1.30 bits per heavy atom. The first kappa shape index (κ1) is 29.8. The molecule has 3 saturated heterocycles. The molecule has 7 nitrogen and oxygen atoms in total. The third-order valence-corrected chi connectivity index (χ3v) is 10.3. The van der Waals surface area contributed by atoms with Gasteiger partial charge in [0.15, 0.2) is 0 Å². The van der Waals surface area contributed by atoms with E-state index in [9.17, 15) is 19.5 Å². The monoisotopic (exact) mass is 534 g/mol. The van der Waals surface area contributed by atoms with E-state index in [0.717, 1.165) is 12.8 Å². The third-order valence-electron chi connectivity index (χ3n) is 8.22. The second-order valence-electron chi connectivity index (χ2n) is 12.3. The summed E-state index contributed by atoms with van der Waals surface area (Å²) < 4.78 is 4.93. The molecule has 3 heterocycles. The van der Waals surface area contributed by atoms with Gasteiger partial charge >= 0.3 is 5.97 Å². The average Bonchev–Trinajstić information content (AvgIpc) is 3.41. The number of rotatable bonds is 12. The lowest BCUT2D eigenvalue weighted by atomic mass is 9.66. The molecule has 8 heteroatoms. The minimum absolute atomic E-state index is 0.0594. The summed E-state index contributed by atoms with van der Waals surface area (Å²) in [5.74, 6) is -1.62. The number of carbonyl (C=O) groups excluding carboxylic acids is 3. The van der Waals surface area contributed by atoms with Crippen LogP contribution in [0.15, 0.2) is 25.3 Å². The van der Waals surface area contributed by atoms with E-state index >= 15 is 0 Å². The zero-order valence-electron chi connectivity index (χ0n) is 23.4. The van der Waals surface area contributed by atoms with Crippen LogP contribution in [0.4, 0.5) is 0 Å². The van der Waals surface area contributed by atoms with E-state index in [0.29, 0.717) is 19.4 Å². The molecule has 1 spiro atoms. The highest BCUT2D eigenvalue weighted by Gasteiger charge is 2.77. The quantitative estimate of drug-likeness (QED) is 0.231. The van der Waals surface area contributed by atoms with Gasteiger partial charge < -0.3 is 19.6 Å². The Bertz CT molecular complexity index is 899. The zero-order valence-corrected chi connectivity index (χ0v) is 24.3. The number of amides is 2. The number of hydrogen-bond acceptors (Lipinski definition) is 6. The lowest BCUT2D eigenvalue weighted by molar-refractivity contribution is -0.155. The molecule has 0 saturated carbocycles. The summed E-state index contributed by atoms with van der Waals surface area (Å²) in [6, 6.07) is -1.26. The topological polar surface area (TPSA) is 87.1 Å². The number of likely N-dealkylation sites (tertiary alicyclic amines) is 1. The summed E-state index contributed by atoms with van der Waals surface area (Å²) in [7, 11) is 0. The SMILES string of the molecule is C=CCCCOC(=O)[C@@H]1[C@H]2C(=O)N([C@@H](CO)CC(C)C)C(C(=O)N(CC=C)C(C)(C)C)C23S[C@@H]1CC3C. The van der Waals surface area contributed by atoms with E-state index in [2.05, 4.69) is 20.1 Å². The van der Waals surface area contributed by atoms with Crippen LogP contribution in [0.2, 0.25) is 0 Å². The first-order valence-electron chi connectivity index (χ1n) is 13.7. The number of ether oxygens (including phenoxy) is 1. The maximum Gasteiger partial charge on any atom is 0.310 e. The van der Waals surface area contributed by atoms with E-state index in [1.807, 2.05) is 34.6 Å². The van der Waals surface area contributed by atoms with Crippen LogP contribution in [0.3, 0.4) is 0 Å². The molecule has 0 radical (unpaired) electrons. The molecule has 3 rings (SSSR count). The van der Waals surface area contributed by atoms with Crippen LogP contribution in [-0.4, -0.2) is 80.1 Å². The minimum atomic E-state index is -0.761. The van der Waals surface area contributed by atoms with Crippen LogP contribution in [0, 0.1) is 23.7 Å². The van der Waals surface area contributed by atoms with Crippen LogP contribution >= 0.6 is 11.8 Å². The zero-order chi connectivity index (χ0) is 27.7. The molecule has 0 aromatic carbocycles. The Morgan fingerprint density at radius 2 is 1.97 bits per heavy atom. The van der Waals surface area contributed by atoms with Crippen LogP contribution in [-0.2, 0) is 19.1 Å². The van der Waals surface area contributed by atoms with E-state index < -0.39 is 34.2 Å². The smallest absolute Gasteiger partial charge is 0.310 e. The number of hydrogen-bond donors (Lipinski definition) is 1. The number of unbranched alkanes of at least 4 members (excludes halogenated alkanes) is 1. The molecule has 3 unspecified atom stereocenters. The molecule has 3 aliphatic rings. The number of thioether (sulfide) groups is 1. The summed E-state index contributed by atoms with van der Waals surface area (Å²) >= 11 is 1.64. The summed E-state index contributed by atoms with van der Waals surface area (Å²) in [5.41, 5.74) is -0.491. The fraction of sp³-hybridized carbons (Fsp3) is 0.759. The first-order chi connectivity index (χ1) is 17.4. The second-order valence-corrected chi connectivity index (χ2v) is 13.8. The van der Waals surface area contributed by atoms with Crippen molar-refractivity contribution in [3.05, 3.63) is 25.3 Å². The van der Waals surface area contributed by atoms with Crippen molar-refractivity contribution in [1.29, 1.82) is 0 Å². The molecule has 37 heavy (non-hydrogen) atoms. The standard InChI is InChI=1S/C29H46N2O5S/c1-9-11-12-14-36-27(35)22-21-16-19(5)29(37-21)23(22)25(33)31(20(17-32)15-18(3)4)24(29)26(34)30(13-10-2)28(6,7)8/h9-10,18-24,32H,1-2,11-17H2,3-8H3/t19?,20-,21-,22+,23+,24?,29?/m1/s1. The van der Waals surface area contributed by atoms with Gasteiger partial charge in [-0.3, -0.25) is 14.4 Å². The molecule has 2 amide bonds. The Hall–Kier alpha value is -1.80. The van der Waals surface area contributed by atoms with E-state index in [1.54, 1.807) is 33.7 Å². The van der Waals surface area contributed by atoms with Crippen LogP contribution in [0.5, 0.6) is 0 Å². The highest BCUT2D eigenvalue weighted by atomic mass is 32.2. The van der Waals surface area contributed by atoms with Crippen LogP contribution < -0.4 is 0 Å². The molecule has 208 valence electrons. The number of carbonyl (C=O) groups is 3. The fourth-order valence-electron chi connectivity index (χ4n) is 6.69. The van der Waals surface area contributed by atoms with Gasteiger partial charge in [-0.15, -0.1) is 24.9 Å². The highest BCUT2D eigenvalue weighted by Crippen LogP contribution is 2.69. The van der Waals surface area contributed by atoms with Crippen molar-refractivity contribution in [3.8, 4) is 0 Å². The van der Waals surface area contributed by atoms with Crippen molar-refractivity contribution in [2.24, 2.45) is 23.7 Å². The van der Waals surface area contributed by atoms with E-state index in [-0.39, 0.29) is 48.1 Å². The number of nitrogens with zero attached hydrogens (tertiary/aromatic N) is 2. The van der Waals surface area contributed by atoms with Crippen molar-refractivity contribution < 1.29 is 24.2 Å². The molecular formula is C29H46N2O5S. The fourth-order valence-corrected chi connectivity index (χ4v) is 9.08. The maximum atomic E-state index is 14.5. The van der Waals surface area contributed by atoms with Crippen LogP contribution in [0.25, 0.3) is 0 Å². The van der Waals surface area contributed by atoms with Gasteiger partial charge in [-0.1, -0.05) is 32.9 Å². The van der Waals surface area contributed by atoms with Crippen molar-refractivity contribution in [3.63, 3.8) is 0 Å². The Morgan fingerprint density at radius 3 is 2.51 bits per heavy atom. The van der Waals surface area contributed by atoms with Gasteiger partial charge in [-0.25, -0.2) is 0 Å². The predicted octanol–water partition coefficient (Wildman–Crippen LogP) is 4.05. The first-order valence-corrected chi connectivity index (χ1v) is 14.5. The molecular weight excluding hydrogens is 488 g/mol. The molecule has 0 aliphatic carbocycles. The van der Waals surface area contributed by atoms with E-state index in [1.165, 1.54) is 0 Å². The van der Waals surface area contributed by atoms with Crippen molar-refractivity contribution in [1.82, 2.24) is 9.80 Å². The van der Waals surface area contributed by atoms with Gasteiger partial charge in [0.1, 0.15) is 6.04 Å². The van der Waals surface area contributed by atoms with Gasteiger partial charge in [0.25, 0.3) is 0 Å². The van der Waals surface area contributed by atoms with Gasteiger partial charge in [0.2, 0.25) is 11.8 Å². The van der Waals surface area contributed by atoms with Gasteiger partial charge in [0, 0.05) is 17.3 Å². The summed E-state index contributed by atoms with van der Waals surface area (Å²) in [4.78, 5) is 45.7. The molecule has 3 fully saturated rings. The molecule has 1 N–H and O–H groups in total. The molecule has 7 atom stereocenters. The average molecular weight is 535 g/mol. The van der Waals surface area contributed by atoms with Gasteiger partial charge in [-0.2, -0.15) is 0 Å². The van der Waals surface area contributed by atoms with Crippen molar-refractivity contribution in [2.75, 3.05) is 19.8 Å². The van der Waals surface area contributed by atoms with Gasteiger partial charge in [-0.05, 0) is 58.3 Å². The third kappa shape index (κ3) is 5.25. The Labute approximate surface area is 227 Å². The summed E-state index contributed by atoms with van der Waals surface area (Å²) in [5, 5.41) is 10.4. The molecule has 3 aliphatic heterocycles. The lowest BCUT2D eigenvalue weighted by Crippen LogP contribution is -2.62. The number of esters is 1. The van der Waals surface area contributed by atoms with Crippen molar-refractivity contribution >= 4 is 29.5 Å². The Balaban J connectivity index is 2.09.